The molecule has 0 saturated carbocycles. The van der Waals surface area contributed by atoms with Crippen LogP contribution < -0.4 is 5.73 Å². The minimum atomic E-state index is -0.431. The predicted octanol–water partition coefficient (Wildman–Crippen LogP) is 4.88. The SMILES string of the molecule is Nc1n[nH]c(-c2ccc(Cl)cc2F)c1-c1ccccc1Br. The number of nitrogens with one attached hydrogen (secondary N) is 1. The quantitative estimate of drug-likeness (QED) is 0.679. The lowest BCUT2D eigenvalue weighted by atomic mass is 10.0. The van der Waals surface area contributed by atoms with Gasteiger partial charge in [0.25, 0.3) is 0 Å². The molecule has 3 nitrogen and oxygen atoms in total. The molecule has 0 amide bonds. The highest BCUT2D eigenvalue weighted by molar-refractivity contribution is 9.10. The summed E-state index contributed by atoms with van der Waals surface area (Å²) in [6.45, 7) is 0. The summed E-state index contributed by atoms with van der Waals surface area (Å²) < 4.78 is 15.0. The monoisotopic (exact) mass is 365 g/mol. The van der Waals surface area contributed by atoms with E-state index in [9.17, 15) is 4.39 Å². The largest absolute Gasteiger partial charge is 0.382 e. The average Bonchev–Trinajstić information content (AvgIpc) is 2.81. The topological polar surface area (TPSA) is 54.7 Å². The molecule has 3 N–H and O–H groups in total. The second-order valence-electron chi connectivity index (χ2n) is 4.46. The van der Waals surface area contributed by atoms with Crippen molar-refractivity contribution in [3.05, 3.63) is 57.8 Å². The maximum atomic E-state index is 14.2. The van der Waals surface area contributed by atoms with E-state index in [1.807, 2.05) is 24.3 Å². The lowest BCUT2D eigenvalue weighted by Gasteiger charge is -2.08. The summed E-state index contributed by atoms with van der Waals surface area (Å²) in [5.41, 5.74) is 8.34. The van der Waals surface area contributed by atoms with Crippen LogP contribution in [0, 0.1) is 5.82 Å². The van der Waals surface area contributed by atoms with E-state index in [1.165, 1.54) is 6.07 Å². The summed E-state index contributed by atoms with van der Waals surface area (Å²) in [4.78, 5) is 0. The van der Waals surface area contributed by atoms with Gasteiger partial charge < -0.3 is 5.73 Å². The van der Waals surface area contributed by atoms with Crippen LogP contribution in [0.2, 0.25) is 5.02 Å². The molecule has 1 aromatic heterocycles. The van der Waals surface area contributed by atoms with Crippen LogP contribution in [0.3, 0.4) is 0 Å². The highest BCUT2D eigenvalue weighted by Crippen LogP contribution is 2.39. The Bertz CT molecular complexity index is 816. The van der Waals surface area contributed by atoms with Crippen molar-refractivity contribution in [1.29, 1.82) is 0 Å². The van der Waals surface area contributed by atoms with Crippen molar-refractivity contribution in [2.24, 2.45) is 0 Å². The first kappa shape index (κ1) is 14.1. The van der Waals surface area contributed by atoms with E-state index >= 15 is 0 Å². The van der Waals surface area contributed by atoms with Crippen molar-refractivity contribution in [3.8, 4) is 22.4 Å². The van der Waals surface area contributed by atoms with E-state index < -0.39 is 5.82 Å². The fourth-order valence-electron chi connectivity index (χ4n) is 2.18. The van der Waals surface area contributed by atoms with E-state index in [1.54, 1.807) is 12.1 Å². The average molecular weight is 367 g/mol. The molecule has 0 atom stereocenters. The number of H-pyrrole nitrogens is 1. The van der Waals surface area contributed by atoms with Gasteiger partial charge in [-0.05, 0) is 24.3 Å². The van der Waals surface area contributed by atoms with Crippen LogP contribution in [-0.4, -0.2) is 10.2 Å². The maximum Gasteiger partial charge on any atom is 0.153 e. The molecule has 0 unspecified atom stereocenters. The fraction of sp³-hybridized carbons (Fsp3) is 0. The molecule has 0 aliphatic heterocycles. The zero-order valence-corrected chi connectivity index (χ0v) is 13.0. The Hall–Kier alpha value is -1.85. The van der Waals surface area contributed by atoms with Gasteiger partial charge in [-0.15, -0.1) is 0 Å². The highest BCUT2D eigenvalue weighted by atomic mass is 79.9. The standard InChI is InChI=1S/C15H10BrClFN3/c16-11-4-2-1-3-9(11)13-14(20-21-15(13)19)10-6-5-8(17)7-12(10)18/h1-7H,(H3,19,20,21). The number of aromatic amines is 1. The van der Waals surface area contributed by atoms with Crippen LogP contribution in [-0.2, 0) is 0 Å². The number of nitrogen functional groups attached to an aromatic ring is 1. The zero-order chi connectivity index (χ0) is 15.0. The van der Waals surface area contributed by atoms with Crippen molar-refractivity contribution in [1.82, 2.24) is 10.2 Å². The molecule has 0 bridgehead atoms. The summed E-state index contributed by atoms with van der Waals surface area (Å²) in [7, 11) is 0. The Labute approximate surface area is 134 Å². The van der Waals surface area contributed by atoms with Crippen LogP contribution >= 0.6 is 27.5 Å². The number of benzene rings is 2. The Kier molecular flexibility index (Phi) is 3.69. The van der Waals surface area contributed by atoms with Crippen molar-refractivity contribution in [2.75, 3.05) is 5.73 Å². The first-order chi connectivity index (χ1) is 10.1. The van der Waals surface area contributed by atoms with E-state index in [0.717, 1.165) is 10.0 Å². The Morgan fingerprint density at radius 1 is 1.14 bits per heavy atom. The van der Waals surface area contributed by atoms with Crippen LogP contribution in [0.25, 0.3) is 22.4 Å². The van der Waals surface area contributed by atoms with E-state index in [0.29, 0.717) is 27.7 Å². The number of anilines is 1. The van der Waals surface area contributed by atoms with Gasteiger partial charge in [-0.3, -0.25) is 5.10 Å². The molecular formula is C15H10BrClFN3. The minimum absolute atomic E-state index is 0.311. The number of aromatic nitrogens is 2. The first-order valence-electron chi connectivity index (χ1n) is 6.12. The summed E-state index contributed by atoms with van der Waals surface area (Å²) in [5, 5.41) is 7.14. The first-order valence-corrected chi connectivity index (χ1v) is 7.29. The molecule has 0 radical (unpaired) electrons. The molecule has 0 aliphatic rings. The number of nitrogens with two attached hydrogens (primary N) is 1. The normalized spacial score (nSPS) is 10.8. The molecule has 3 aromatic rings. The van der Waals surface area contributed by atoms with Gasteiger partial charge in [-0.1, -0.05) is 45.7 Å². The molecule has 0 fully saturated rings. The van der Waals surface area contributed by atoms with Gasteiger partial charge in [0.05, 0.1) is 11.3 Å². The second-order valence-corrected chi connectivity index (χ2v) is 5.75. The lowest BCUT2D eigenvalue weighted by molar-refractivity contribution is 0.631. The number of halogens is 3. The third-order valence-electron chi connectivity index (χ3n) is 3.14. The molecule has 0 aliphatic carbocycles. The molecule has 1 heterocycles. The Morgan fingerprint density at radius 3 is 2.62 bits per heavy atom. The third kappa shape index (κ3) is 2.54. The molecule has 21 heavy (non-hydrogen) atoms. The fourth-order valence-corrected chi connectivity index (χ4v) is 2.82. The van der Waals surface area contributed by atoms with Gasteiger partial charge in [-0.25, -0.2) is 4.39 Å². The van der Waals surface area contributed by atoms with Gasteiger partial charge in [0.2, 0.25) is 0 Å². The van der Waals surface area contributed by atoms with Crippen LogP contribution in [0.1, 0.15) is 0 Å². The lowest BCUT2D eigenvalue weighted by Crippen LogP contribution is -1.91. The van der Waals surface area contributed by atoms with Gasteiger partial charge in [0.1, 0.15) is 5.82 Å². The van der Waals surface area contributed by atoms with E-state index in [-0.39, 0.29) is 0 Å². The molecule has 0 spiro atoms. The summed E-state index contributed by atoms with van der Waals surface area (Å²) in [6, 6.07) is 12.1. The molecule has 2 aromatic carbocycles. The van der Waals surface area contributed by atoms with Gasteiger partial charge in [-0.2, -0.15) is 5.10 Å². The third-order valence-corrected chi connectivity index (χ3v) is 4.06. The van der Waals surface area contributed by atoms with Crippen LogP contribution in [0.5, 0.6) is 0 Å². The number of hydrogen-bond donors (Lipinski definition) is 2. The van der Waals surface area contributed by atoms with Gasteiger partial charge in [0, 0.05) is 20.6 Å². The summed E-state index contributed by atoms with van der Waals surface area (Å²) in [5.74, 6) is -0.120. The van der Waals surface area contributed by atoms with E-state index in [2.05, 4.69) is 26.1 Å². The van der Waals surface area contributed by atoms with E-state index in [4.69, 9.17) is 17.3 Å². The van der Waals surface area contributed by atoms with Crippen molar-refractivity contribution in [2.45, 2.75) is 0 Å². The summed E-state index contributed by atoms with van der Waals surface area (Å²) >= 11 is 9.27. The van der Waals surface area contributed by atoms with Crippen LogP contribution in [0.4, 0.5) is 10.2 Å². The van der Waals surface area contributed by atoms with Crippen LogP contribution in [0.15, 0.2) is 46.9 Å². The predicted molar refractivity (Wildman–Crippen MR) is 86.5 cm³/mol. The highest BCUT2D eigenvalue weighted by Gasteiger charge is 2.19. The zero-order valence-electron chi connectivity index (χ0n) is 10.7. The van der Waals surface area contributed by atoms with Crippen molar-refractivity contribution in [3.63, 3.8) is 0 Å². The number of hydrogen-bond acceptors (Lipinski definition) is 2. The Morgan fingerprint density at radius 2 is 1.90 bits per heavy atom. The second kappa shape index (κ2) is 5.50. The Balaban J connectivity index is 2.25. The molecular weight excluding hydrogens is 357 g/mol. The van der Waals surface area contributed by atoms with Gasteiger partial charge in [0.15, 0.2) is 5.82 Å². The van der Waals surface area contributed by atoms with Crippen molar-refractivity contribution < 1.29 is 4.39 Å². The number of nitrogens with zero attached hydrogens (tertiary/aromatic N) is 1. The smallest absolute Gasteiger partial charge is 0.153 e. The molecule has 6 heteroatoms. The molecule has 3 rings (SSSR count). The minimum Gasteiger partial charge on any atom is -0.382 e. The number of rotatable bonds is 2. The summed E-state index contributed by atoms with van der Waals surface area (Å²) in [6.07, 6.45) is 0. The molecule has 106 valence electrons. The van der Waals surface area contributed by atoms with Crippen molar-refractivity contribution >= 4 is 33.3 Å². The maximum absolute atomic E-state index is 14.2. The molecule has 0 saturated heterocycles. The van der Waals surface area contributed by atoms with Gasteiger partial charge >= 0.3 is 0 Å².